The Hall–Kier alpha value is -0.360. The Kier molecular flexibility index (Phi) is 3.74. The molecule has 0 saturated carbocycles. The van der Waals surface area contributed by atoms with Crippen molar-refractivity contribution in [3.63, 3.8) is 0 Å². The van der Waals surface area contributed by atoms with Gasteiger partial charge in [0.15, 0.2) is 0 Å². The molecule has 0 spiro atoms. The molecule has 0 fully saturated rings. The summed E-state index contributed by atoms with van der Waals surface area (Å²) in [6.45, 7) is -0.558. The van der Waals surface area contributed by atoms with Crippen molar-refractivity contribution in [3.05, 3.63) is 0 Å². The van der Waals surface area contributed by atoms with Crippen molar-refractivity contribution >= 4 is 0 Å². The fourth-order valence-corrected chi connectivity index (χ4v) is 0.475. The predicted octanol–water partition coefficient (Wildman–Crippen LogP) is 0.467. The van der Waals surface area contributed by atoms with Crippen molar-refractivity contribution in [2.24, 2.45) is 0 Å². The standard InChI is InChI=1S/C5H9F4NO/c1-10-2-3(11)5(8,9)4(6)7/h3-4,10-11H,2H2,1H3. The van der Waals surface area contributed by atoms with Gasteiger partial charge in [0, 0.05) is 6.54 Å². The smallest absolute Gasteiger partial charge is 0.333 e. The first kappa shape index (κ1) is 10.6. The van der Waals surface area contributed by atoms with Crippen LogP contribution in [-0.4, -0.2) is 37.2 Å². The number of halogens is 4. The van der Waals surface area contributed by atoms with Gasteiger partial charge in [0.2, 0.25) is 0 Å². The van der Waals surface area contributed by atoms with Crippen LogP contribution in [0.2, 0.25) is 0 Å². The number of hydrogen-bond acceptors (Lipinski definition) is 2. The van der Waals surface area contributed by atoms with E-state index >= 15 is 0 Å². The van der Waals surface area contributed by atoms with Crippen LogP contribution in [0.25, 0.3) is 0 Å². The van der Waals surface area contributed by atoms with Gasteiger partial charge in [-0.25, -0.2) is 8.78 Å². The molecule has 1 unspecified atom stereocenters. The molecule has 0 aliphatic rings. The topological polar surface area (TPSA) is 32.3 Å². The summed E-state index contributed by atoms with van der Waals surface area (Å²) in [4.78, 5) is 0. The first-order valence-corrected chi connectivity index (χ1v) is 2.91. The van der Waals surface area contributed by atoms with Crippen LogP contribution in [-0.2, 0) is 0 Å². The third-order valence-electron chi connectivity index (χ3n) is 1.13. The first-order valence-electron chi connectivity index (χ1n) is 2.91. The zero-order chi connectivity index (χ0) is 9.07. The van der Waals surface area contributed by atoms with Gasteiger partial charge >= 0.3 is 12.3 Å². The number of rotatable bonds is 4. The summed E-state index contributed by atoms with van der Waals surface area (Å²) < 4.78 is 47.1. The van der Waals surface area contributed by atoms with Gasteiger partial charge in [-0.05, 0) is 7.05 Å². The van der Waals surface area contributed by atoms with E-state index in [-0.39, 0.29) is 0 Å². The van der Waals surface area contributed by atoms with Crippen molar-refractivity contribution in [1.82, 2.24) is 5.32 Å². The Balaban J connectivity index is 4.05. The van der Waals surface area contributed by atoms with Crippen LogP contribution >= 0.6 is 0 Å². The molecule has 0 aliphatic heterocycles. The van der Waals surface area contributed by atoms with Crippen molar-refractivity contribution in [3.8, 4) is 0 Å². The second-order valence-electron chi connectivity index (χ2n) is 2.05. The molecule has 0 aliphatic carbocycles. The van der Waals surface area contributed by atoms with Crippen molar-refractivity contribution in [2.45, 2.75) is 18.5 Å². The van der Waals surface area contributed by atoms with Gasteiger partial charge in [-0.1, -0.05) is 0 Å². The van der Waals surface area contributed by atoms with Crippen LogP contribution in [0.5, 0.6) is 0 Å². The molecule has 0 aromatic carbocycles. The molecule has 6 heteroatoms. The molecular formula is C5H9F4NO. The summed E-state index contributed by atoms with van der Waals surface area (Å²) >= 11 is 0. The predicted molar refractivity (Wildman–Crippen MR) is 30.9 cm³/mol. The fraction of sp³-hybridized carbons (Fsp3) is 1.00. The fourth-order valence-electron chi connectivity index (χ4n) is 0.475. The molecule has 2 nitrogen and oxygen atoms in total. The average Bonchev–Trinajstić information content (AvgIpc) is 1.88. The lowest BCUT2D eigenvalue weighted by Gasteiger charge is -2.20. The second kappa shape index (κ2) is 3.87. The van der Waals surface area contributed by atoms with Gasteiger partial charge in [-0.2, -0.15) is 8.78 Å². The number of alkyl halides is 4. The van der Waals surface area contributed by atoms with Crippen molar-refractivity contribution in [2.75, 3.05) is 13.6 Å². The molecule has 0 saturated heterocycles. The highest BCUT2D eigenvalue weighted by atomic mass is 19.3. The Bertz CT molecular complexity index is 119. The highest BCUT2D eigenvalue weighted by molar-refractivity contribution is 4.79. The average molecular weight is 175 g/mol. The van der Waals surface area contributed by atoms with Gasteiger partial charge in [0.1, 0.15) is 6.10 Å². The zero-order valence-corrected chi connectivity index (χ0v) is 5.82. The Labute approximate surface area is 61.2 Å². The second-order valence-corrected chi connectivity index (χ2v) is 2.05. The van der Waals surface area contributed by atoms with Crippen LogP contribution in [0.3, 0.4) is 0 Å². The maximum Gasteiger partial charge on any atom is 0.333 e. The van der Waals surface area contributed by atoms with E-state index in [2.05, 4.69) is 5.32 Å². The SMILES string of the molecule is CNCC(O)C(F)(F)C(F)F. The minimum Gasteiger partial charge on any atom is -0.385 e. The van der Waals surface area contributed by atoms with Gasteiger partial charge in [-0.15, -0.1) is 0 Å². The third kappa shape index (κ3) is 2.63. The summed E-state index contributed by atoms with van der Waals surface area (Å²) in [5, 5.41) is 10.6. The number of likely N-dealkylation sites (N-methyl/N-ethyl adjacent to an activating group) is 1. The van der Waals surface area contributed by atoms with Gasteiger partial charge in [-0.3, -0.25) is 0 Å². The molecule has 0 radical (unpaired) electrons. The van der Waals surface area contributed by atoms with Gasteiger partial charge in [0.25, 0.3) is 0 Å². The minimum absolute atomic E-state index is 0.558. The summed E-state index contributed by atoms with van der Waals surface area (Å²) in [6.07, 6.45) is -6.17. The molecule has 1 atom stereocenters. The molecule has 2 N–H and O–H groups in total. The lowest BCUT2D eigenvalue weighted by molar-refractivity contribution is -0.189. The minimum atomic E-state index is -4.33. The van der Waals surface area contributed by atoms with Crippen LogP contribution in [0.4, 0.5) is 17.6 Å². The number of aliphatic hydroxyl groups excluding tert-OH is 1. The maximum absolute atomic E-state index is 12.1. The Morgan fingerprint density at radius 1 is 1.45 bits per heavy atom. The lowest BCUT2D eigenvalue weighted by Crippen LogP contribution is -2.45. The van der Waals surface area contributed by atoms with E-state index in [1.807, 2.05) is 0 Å². The molecule has 0 heterocycles. The van der Waals surface area contributed by atoms with E-state index in [1.165, 1.54) is 7.05 Å². The molecule has 11 heavy (non-hydrogen) atoms. The first-order chi connectivity index (χ1) is 4.92. The number of aliphatic hydroxyl groups is 1. The highest BCUT2D eigenvalue weighted by Crippen LogP contribution is 2.26. The molecule has 0 amide bonds. The summed E-state index contributed by atoms with van der Waals surface area (Å²) in [5.41, 5.74) is 0. The molecule has 68 valence electrons. The highest BCUT2D eigenvalue weighted by Gasteiger charge is 2.47. The normalized spacial score (nSPS) is 15.5. The number of nitrogens with one attached hydrogen (secondary N) is 1. The molecule has 0 bridgehead atoms. The van der Waals surface area contributed by atoms with Crippen LogP contribution in [0, 0.1) is 0 Å². The van der Waals surface area contributed by atoms with Crippen molar-refractivity contribution in [1.29, 1.82) is 0 Å². The third-order valence-corrected chi connectivity index (χ3v) is 1.13. The summed E-state index contributed by atoms with van der Waals surface area (Å²) in [5.74, 6) is -4.33. The summed E-state index contributed by atoms with van der Waals surface area (Å²) in [6, 6.07) is 0. The van der Waals surface area contributed by atoms with E-state index in [0.29, 0.717) is 0 Å². The Morgan fingerprint density at radius 2 is 1.91 bits per heavy atom. The maximum atomic E-state index is 12.1. The van der Waals surface area contributed by atoms with Crippen molar-refractivity contribution < 1.29 is 22.7 Å². The zero-order valence-electron chi connectivity index (χ0n) is 5.82. The molecule has 0 aromatic rings. The van der Waals surface area contributed by atoms with Crippen LogP contribution in [0.15, 0.2) is 0 Å². The molecular weight excluding hydrogens is 166 g/mol. The van der Waals surface area contributed by atoms with E-state index < -0.39 is 25.0 Å². The van der Waals surface area contributed by atoms with E-state index in [4.69, 9.17) is 5.11 Å². The van der Waals surface area contributed by atoms with E-state index in [0.717, 1.165) is 0 Å². The molecule has 0 aromatic heterocycles. The largest absolute Gasteiger partial charge is 0.385 e. The van der Waals surface area contributed by atoms with Gasteiger partial charge in [0.05, 0.1) is 0 Å². The number of hydrogen-bond donors (Lipinski definition) is 2. The summed E-state index contributed by atoms with van der Waals surface area (Å²) in [7, 11) is 1.28. The van der Waals surface area contributed by atoms with E-state index in [9.17, 15) is 17.6 Å². The van der Waals surface area contributed by atoms with Crippen LogP contribution in [0.1, 0.15) is 0 Å². The Morgan fingerprint density at radius 3 is 2.18 bits per heavy atom. The van der Waals surface area contributed by atoms with E-state index in [1.54, 1.807) is 0 Å². The van der Waals surface area contributed by atoms with Crippen LogP contribution < -0.4 is 5.32 Å². The monoisotopic (exact) mass is 175 g/mol. The molecule has 0 rings (SSSR count). The quantitative estimate of drug-likeness (QED) is 0.608. The van der Waals surface area contributed by atoms with Gasteiger partial charge < -0.3 is 10.4 Å². The lowest BCUT2D eigenvalue weighted by atomic mass is 10.2.